The normalized spacial score (nSPS) is 10.7. The van der Waals surface area contributed by atoms with Gasteiger partial charge in [-0.2, -0.15) is 10.2 Å². The molecule has 0 saturated heterocycles. The van der Waals surface area contributed by atoms with Crippen molar-refractivity contribution in [1.29, 1.82) is 0 Å². The number of hydrogen-bond donors (Lipinski definition) is 2. The zero-order valence-electron chi connectivity index (χ0n) is 14.2. The van der Waals surface area contributed by atoms with Gasteiger partial charge in [0.15, 0.2) is 0 Å². The van der Waals surface area contributed by atoms with Gasteiger partial charge in [-0.05, 0) is 36.4 Å². The minimum absolute atomic E-state index is 0.0983. The van der Waals surface area contributed by atoms with Crippen molar-refractivity contribution < 1.29 is 14.5 Å². The minimum atomic E-state index is -0.517. The lowest BCUT2D eigenvalue weighted by atomic mass is 10.1. The number of benzene rings is 2. The van der Waals surface area contributed by atoms with Crippen molar-refractivity contribution in [3.05, 3.63) is 76.0 Å². The molecule has 0 aliphatic carbocycles. The molecule has 1 aromatic heterocycles. The van der Waals surface area contributed by atoms with Crippen LogP contribution in [-0.4, -0.2) is 34.4 Å². The lowest BCUT2D eigenvalue weighted by Crippen LogP contribution is -2.18. The number of nitro benzene ring substituents is 1. The van der Waals surface area contributed by atoms with E-state index in [1.54, 1.807) is 37.4 Å². The molecule has 9 heteroatoms. The second kappa shape index (κ2) is 7.91. The van der Waals surface area contributed by atoms with E-state index in [0.29, 0.717) is 5.69 Å². The van der Waals surface area contributed by atoms with Crippen LogP contribution >= 0.6 is 0 Å². The maximum atomic E-state index is 12.1. The van der Waals surface area contributed by atoms with Crippen LogP contribution in [0.5, 0.6) is 5.75 Å². The number of H-pyrrole nitrogens is 1. The summed E-state index contributed by atoms with van der Waals surface area (Å²) in [4.78, 5) is 22.6. The molecule has 0 fully saturated rings. The van der Waals surface area contributed by atoms with E-state index < -0.39 is 10.8 Å². The van der Waals surface area contributed by atoms with Crippen LogP contribution in [0, 0.1) is 10.1 Å². The zero-order chi connectivity index (χ0) is 19.2. The molecule has 0 unspecified atom stereocenters. The third-order valence-electron chi connectivity index (χ3n) is 3.71. The standard InChI is InChI=1S/C18H15N5O4/c1-27-14-8-6-12(7-9-14)15-10-16(21-20-15)18(24)22-19-11-13-4-2-3-5-17(13)23(25)26/h2-11H,1H3,(H,20,21)(H,22,24)/b19-11-. The van der Waals surface area contributed by atoms with E-state index in [1.165, 1.54) is 18.3 Å². The van der Waals surface area contributed by atoms with Gasteiger partial charge in [0.05, 0.1) is 29.5 Å². The first kappa shape index (κ1) is 17.8. The van der Waals surface area contributed by atoms with E-state index in [-0.39, 0.29) is 16.9 Å². The van der Waals surface area contributed by atoms with Crippen LogP contribution in [-0.2, 0) is 0 Å². The molecule has 0 atom stereocenters. The number of amides is 1. The Morgan fingerprint density at radius 2 is 2.00 bits per heavy atom. The van der Waals surface area contributed by atoms with Gasteiger partial charge in [0.1, 0.15) is 11.4 Å². The number of carbonyl (C=O) groups excluding carboxylic acids is 1. The van der Waals surface area contributed by atoms with Gasteiger partial charge in [0.25, 0.3) is 11.6 Å². The number of ether oxygens (including phenoxy) is 1. The van der Waals surface area contributed by atoms with E-state index in [0.717, 1.165) is 11.3 Å². The second-order valence-corrected chi connectivity index (χ2v) is 5.41. The predicted octanol–water partition coefficient (Wildman–Crippen LogP) is 2.76. The lowest BCUT2D eigenvalue weighted by molar-refractivity contribution is -0.385. The quantitative estimate of drug-likeness (QED) is 0.395. The van der Waals surface area contributed by atoms with Gasteiger partial charge < -0.3 is 4.74 Å². The summed E-state index contributed by atoms with van der Waals surface area (Å²) in [5.41, 5.74) is 4.11. The van der Waals surface area contributed by atoms with E-state index in [9.17, 15) is 14.9 Å². The molecule has 136 valence electrons. The van der Waals surface area contributed by atoms with Gasteiger partial charge >= 0.3 is 0 Å². The highest BCUT2D eigenvalue weighted by Gasteiger charge is 2.12. The van der Waals surface area contributed by atoms with Crippen molar-refractivity contribution in [3.8, 4) is 17.0 Å². The fourth-order valence-electron chi connectivity index (χ4n) is 2.33. The summed E-state index contributed by atoms with van der Waals surface area (Å²) < 4.78 is 5.10. The topological polar surface area (TPSA) is 123 Å². The van der Waals surface area contributed by atoms with Crippen molar-refractivity contribution in [2.75, 3.05) is 7.11 Å². The van der Waals surface area contributed by atoms with Gasteiger partial charge in [-0.15, -0.1) is 0 Å². The van der Waals surface area contributed by atoms with Crippen LogP contribution in [0.25, 0.3) is 11.3 Å². The van der Waals surface area contributed by atoms with E-state index in [4.69, 9.17) is 4.74 Å². The highest BCUT2D eigenvalue weighted by Crippen LogP contribution is 2.21. The third kappa shape index (κ3) is 4.15. The number of nitrogens with one attached hydrogen (secondary N) is 2. The van der Waals surface area contributed by atoms with Crippen molar-refractivity contribution in [1.82, 2.24) is 15.6 Å². The molecule has 0 saturated carbocycles. The maximum Gasteiger partial charge on any atom is 0.289 e. The first-order valence-corrected chi connectivity index (χ1v) is 7.85. The molecule has 0 aliphatic rings. The Bertz CT molecular complexity index is 995. The molecule has 1 heterocycles. The van der Waals surface area contributed by atoms with Gasteiger partial charge in [0.2, 0.25) is 0 Å². The molecule has 2 aromatic carbocycles. The van der Waals surface area contributed by atoms with Gasteiger partial charge in [0, 0.05) is 11.6 Å². The summed E-state index contributed by atoms with van der Waals surface area (Å²) in [5, 5.41) is 21.5. The van der Waals surface area contributed by atoms with Gasteiger partial charge in [-0.3, -0.25) is 20.0 Å². The number of hydrazone groups is 1. The van der Waals surface area contributed by atoms with Crippen molar-refractivity contribution >= 4 is 17.8 Å². The van der Waals surface area contributed by atoms with E-state index in [1.807, 2.05) is 12.1 Å². The van der Waals surface area contributed by atoms with Gasteiger partial charge in [-0.25, -0.2) is 5.43 Å². The Balaban J connectivity index is 1.68. The van der Waals surface area contributed by atoms with Crippen LogP contribution in [0.2, 0.25) is 0 Å². The molecular weight excluding hydrogens is 350 g/mol. The number of carbonyl (C=O) groups is 1. The summed E-state index contributed by atoms with van der Waals surface area (Å²) in [6, 6.07) is 14.9. The summed E-state index contributed by atoms with van der Waals surface area (Å²) in [7, 11) is 1.58. The fourth-order valence-corrected chi connectivity index (χ4v) is 2.33. The molecule has 27 heavy (non-hydrogen) atoms. The molecule has 3 rings (SSSR count). The molecular formula is C18H15N5O4. The highest BCUT2D eigenvalue weighted by atomic mass is 16.6. The average Bonchev–Trinajstić information content (AvgIpc) is 3.18. The number of hydrogen-bond acceptors (Lipinski definition) is 6. The van der Waals surface area contributed by atoms with Crippen LogP contribution in [0.15, 0.2) is 59.7 Å². The number of rotatable bonds is 6. The van der Waals surface area contributed by atoms with E-state index in [2.05, 4.69) is 20.7 Å². The smallest absolute Gasteiger partial charge is 0.289 e. The first-order valence-electron chi connectivity index (χ1n) is 7.85. The average molecular weight is 365 g/mol. The largest absolute Gasteiger partial charge is 0.497 e. The molecule has 0 aliphatic heterocycles. The number of aromatic amines is 1. The Kier molecular flexibility index (Phi) is 5.22. The number of methoxy groups -OCH3 is 1. The van der Waals surface area contributed by atoms with Crippen LogP contribution < -0.4 is 10.2 Å². The van der Waals surface area contributed by atoms with Crippen LogP contribution in [0.3, 0.4) is 0 Å². The monoisotopic (exact) mass is 365 g/mol. The van der Waals surface area contributed by atoms with Crippen LogP contribution in [0.1, 0.15) is 16.1 Å². The lowest BCUT2D eigenvalue weighted by Gasteiger charge is -2.00. The number of para-hydroxylation sites is 1. The molecule has 0 spiro atoms. The number of aromatic nitrogens is 2. The van der Waals surface area contributed by atoms with Crippen LogP contribution in [0.4, 0.5) is 5.69 Å². The summed E-state index contributed by atoms with van der Waals surface area (Å²) in [6.45, 7) is 0. The predicted molar refractivity (Wildman–Crippen MR) is 98.7 cm³/mol. The molecule has 1 amide bonds. The Morgan fingerprint density at radius 1 is 1.26 bits per heavy atom. The Hall–Kier alpha value is -4.01. The summed E-state index contributed by atoms with van der Waals surface area (Å²) >= 11 is 0. The molecule has 0 radical (unpaired) electrons. The maximum absolute atomic E-state index is 12.1. The summed E-state index contributed by atoms with van der Waals surface area (Å²) in [6.07, 6.45) is 1.22. The SMILES string of the molecule is COc1ccc(-c2cc(C(=O)N/N=C\c3ccccc3[N+](=O)[O-])[nH]n2)cc1. The van der Waals surface area contributed by atoms with E-state index >= 15 is 0 Å². The fraction of sp³-hybridized carbons (Fsp3) is 0.0556. The number of nitrogens with zero attached hydrogens (tertiary/aromatic N) is 3. The Labute approximate surface area is 153 Å². The molecule has 9 nitrogen and oxygen atoms in total. The molecule has 3 aromatic rings. The zero-order valence-corrected chi connectivity index (χ0v) is 14.2. The molecule has 2 N–H and O–H groups in total. The first-order chi connectivity index (χ1) is 13.1. The van der Waals surface area contributed by atoms with Crippen molar-refractivity contribution in [2.45, 2.75) is 0 Å². The van der Waals surface area contributed by atoms with Crippen molar-refractivity contribution in [3.63, 3.8) is 0 Å². The number of nitro groups is 1. The Morgan fingerprint density at radius 3 is 2.70 bits per heavy atom. The minimum Gasteiger partial charge on any atom is -0.497 e. The third-order valence-corrected chi connectivity index (χ3v) is 3.71. The highest BCUT2D eigenvalue weighted by molar-refractivity contribution is 5.94. The summed E-state index contributed by atoms with van der Waals surface area (Å²) in [5.74, 6) is 0.202. The second-order valence-electron chi connectivity index (χ2n) is 5.41. The van der Waals surface area contributed by atoms with Crippen molar-refractivity contribution in [2.24, 2.45) is 5.10 Å². The molecule has 0 bridgehead atoms. The van der Waals surface area contributed by atoms with Gasteiger partial charge in [-0.1, -0.05) is 12.1 Å².